The molecular weight excluding hydrogens is 285 g/mol. The summed E-state index contributed by atoms with van der Waals surface area (Å²) in [5.74, 6) is 0. The van der Waals surface area contributed by atoms with Crippen LogP contribution in [0, 0.1) is 3.57 Å². The highest BCUT2D eigenvalue weighted by molar-refractivity contribution is 14.1. The summed E-state index contributed by atoms with van der Waals surface area (Å²) in [4.78, 5) is 0. The third-order valence-electron chi connectivity index (χ3n) is 3.09. The van der Waals surface area contributed by atoms with Crippen molar-refractivity contribution in [3.05, 3.63) is 33.4 Å². The summed E-state index contributed by atoms with van der Waals surface area (Å²) in [6.45, 7) is 3.33. The topological polar surface area (TPSA) is 12.0 Å². The third kappa shape index (κ3) is 2.48. The molecule has 0 amide bonds. The van der Waals surface area contributed by atoms with E-state index in [2.05, 4.69) is 59.1 Å². The number of halogens is 1. The van der Waals surface area contributed by atoms with E-state index >= 15 is 0 Å². The molecule has 2 rings (SSSR count). The molecule has 0 aromatic heterocycles. The van der Waals surface area contributed by atoms with Crippen molar-refractivity contribution >= 4 is 22.6 Å². The molecule has 1 fully saturated rings. The Labute approximate surface area is 99.4 Å². The molecular formula is C12H16IN. The largest absolute Gasteiger partial charge is 0.307 e. The second-order valence-electron chi connectivity index (χ2n) is 4.39. The molecule has 76 valence electrons. The Bertz CT molecular complexity index is 301. The van der Waals surface area contributed by atoms with Crippen molar-refractivity contribution in [1.29, 1.82) is 0 Å². The van der Waals surface area contributed by atoms with Gasteiger partial charge in [0.1, 0.15) is 0 Å². The molecule has 1 aliphatic rings. The van der Waals surface area contributed by atoms with Gasteiger partial charge >= 0.3 is 0 Å². The SMILES string of the molecule is CC1(NCc2ccc(I)cc2)CCC1. The fourth-order valence-electron chi connectivity index (χ4n) is 1.80. The molecule has 0 spiro atoms. The lowest BCUT2D eigenvalue weighted by molar-refractivity contribution is 0.207. The van der Waals surface area contributed by atoms with Crippen LogP contribution in [0.25, 0.3) is 0 Å². The standard InChI is InChI=1S/C12H16IN/c1-12(7-2-8-12)14-9-10-3-5-11(13)6-4-10/h3-6,14H,2,7-9H2,1H3. The average Bonchev–Trinajstić information content (AvgIpc) is 2.14. The molecule has 0 unspecified atom stereocenters. The molecule has 1 aromatic rings. The maximum atomic E-state index is 3.63. The van der Waals surface area contributed by atoms with Crippen LogP contribution in [-0.2, 0) is 6.54 Å². The molecule has 0 saturated heterocycles. The molecule has 1 nitrogen and oxygen atoms in total. The normalized spacial score (nSPS) is 19.0. The van der Waals surface area contributed by atoms with Gasteiger partial charge in [0, 0.05) is 15.7 Å². The molecule has 1 aromatic carbocycles. The maximum Gasteiger partial charge on any atom is 0.0210 e. The lowest BCUT2D eigenvalue weighted by Gasteiger charge is -2.39. The molecule has 1 saturated carbocycles. The van der Waals surface area contributed by atoms with Gasteiger partial charge < -0.3 is 5.32 Å². The Hall–Kier alpha value is -0.0900. The van der Waals surface area contributed by atoms with Gasteiger partial charge in [-0.05, 0) is 66.5 Å². The fourth-order valence-corrected chi connectivity index (χ4v) is 2.16. The Kier molecular flexibility index (Phi) is 3.12. The summed E-state index contributed by atoms with van der Waals surface area (Å²) in [6, 6.07) is 8.74. The first-order valence-corrected chi connectivity index (χ1v) is 6.25. The highest BCUT2D eigenvalue weighted by atomic mass is 127. The number of rotatable bonds is 3. The van der Waals surface area contributed by atoms with E-state index in [9.17, 15) is 0 Å². The van der Waals surface area contributed by atoms with Crippen LogP contribution in [0.15, 0.2) is 24.3 Å². The first-order valence-electron chi connectivity index (χ1n) is 5.17. The molecule has 0 radical (unpaired) electrons. The van der Waals surface area contributed by atoms with Gasteiger partial charge in [-0.2, -0.15) is 0 Å². The molecule has 0 heterocycles. The minimum absolute atomic E-state index is 0.420. The van der Waals surface area contributed by atoms with Crippen molar-refractivity contribution in [2.45, 2.75) is 38.3 Å². The van der Waals surface area contributed by atoms with Gasteiger partial charge in [-0.3, -0.25) is 0 Å². The molecule has 0 atom stereocenters. The Balaban J connectivity index is 1.88. The van der Waals surface area contributed by atoms with Crippen LogP contribution in [0.2, 0.25) is 0 Å². The van der Waals surface area contributed by atoms with E-state index in [1.54, 1.807) is 0 Å². The van der Waals surface area contributed by atoms with Crippen molar-refractivity contribution in [1.82, 2.24) is 5.32 Å². The lowest BCUT2D eigenvalue weighted by atomic mass is 9.78. The van der Waals surface area contributed by atoms with Crippen molar-refractivity contribution in [3.8, 4) is 0 Å². The van der Waals surface area contributed by atoms with E-state index in [1.165, 1.54) is 28.4 Å². The first kappa shape index (κ1) is 10.4. The lowest BCUT2D eigenvalue weighted by Crippen LogP contribution is -2.47. The number of hydrogen-bond donors (Lipinski definition) is 1. The van der Waals surface area contributed by atoms with E-state index in [1.807, 2.05) is 0 Å². The first-order chi connectivity index (χ1) is 6.68. The number of hydrogen-bond acceptors (Lipinski definition) is 1. The van der Waals surface area contributed by atoms with Crippen LogP contribution in [0.1, 0.15) is 31.7 Å². The average molecular weight is 301 g/mol. The smallest absolute Gasteiger partial charge is 0.0210 e. The highest BCUT2D eigenvalue weighted by Crippen LogP contribution is 2.31. The summed E-state index contributed by atoms with van der Waals surface area (Å²) in [7, 11) is 0. The summed E-state index contributed by atoms with van der Waals surface area (Å²) < 4.78 is 1.31. The quantitative estimate of drug-likeness (QED) is 0.845. The molecule has 0 bridgehead atoms. The number of nitrogens with one attached hydrogen (secondary N) is 1. The van der Waals surface area contributed by atoms with E-state index in [-0.39, 0.29) is 0 Å². The van der Waals surface area contributed by atoms with Crippen molar-refractivity contribution < 1.29 is 0 Å². The zero-order valence-corrected chi connectivity index (χ0v) is 10.7. The van der Waals surface area contributed by atoms with Crippen LogP contribution in [0.4, 0.5) is 0 Å². The van der Waals surface area contributed by atoms with Gasteiger partial charge in [0.15, 0.2) is 0 Å². The summed E-state index contributed by atoms with van der Waals surface area (Å²) in [5, 5.41) is 3.63. The van der Waals surface area contributed by atoms with Crippen LogP contribution in [-0.4, -0.2) is 5.54 Å². The van der Waals surface area contributed by atoms with Gasteiger partial charge in [0.2, 0.25) is 0 Å². The van der Waals surface area contributed by atoms with Gasteiger partial charge in [0.05, 0.1) is 0 Å². The minimum atomic E-state index is 0.420. The second-order valence-corrected chi connectivity index (χ2v) is 5.64. The van der Waals surface area contributed by atoms with Crippen LogP contribution < -0.4 is 5.32 Å². The number of benzene rings is 1. The van der Waals surface area contributed by atoms with Gasteiger partial charge in [-0.1, -0.05) is 12.1 Å². The second kappa shape index (κ2) is 4.19. The Morgan fingerprint density at radius 2 is 1.93 bits per heavy atom. The van der Waals surface area contributed by atoms with Crippen LogP contribution >= 0.6 is 22.6 Å². The van der Waals surface area contributed by atoms with Crippen molar-refractivity contribution in [2.75, 3.05) is 0 Å². The molecule has 1 aliphatic carbocycles. The van der Waals surface area contributed by atoms with Crippen molar-refractivity contribution in [2.24, 2.45) is 0 Å². The minimum Gasteiger partial charge on any atom is -0.307 e. The molecule has 2 heteroatoms. The third-order valence-corrected chi connectivity index (χ3v) is 3.81. The monoisotopic (exact) mass is 301 g/mol. The maximum absolute atomic E-state index is 3.63. The predicted octanol–water partition coefficient (Wildman–Crippen LogP) is 3.32. The molecule has 0 aliphatic heterocycles. The van der Waals surface area contributed by atoms with E-state index in [0.29, 0.717) is 5.54 Å². The van der Waals surface area contributed by atoms with E-state index in [0.717, 1.165) is 6.54 Å². The molecule has 14 heavy (non-hydrogen) atoms. The zero-order valence-electron chi connectivity index (χ0n) is 8.52. The van der Waals surface area contributed by atoms with Crippen molar-refractivity contribution in [3.63, 3.8) is 0 Å². The van der Waals surface area contributed by atoms with Gasteiger partial charge in [-0.25, -0.2) is 0 Å². The summed E-state index contributed by atoms with van der Waals surface area (Å²) >= 11 is 2.34. The zero-order chi connectivity index (χ0) is 10.0. The van der Waals surface area contributed by atoms with Gasteiger partial charge in [0.25, 0.3) is 0 Å². The fraction of sp³-hybridized carbons (Fsp3) is 0.500. The molecule has 1 N–H and O–H groups in total. The van der Waals surface area contributed by atoms with E-state index < -0.39 is 0 Å². The Morgan fingerprint density at radius 3 is 2.43 bits per heavy atom. The van der Waals surface area contributed by atoms with Crippen LogP contribution in [0.3, 0.4) is 0 Å². The van der Waals surface area contributed by atoms with E-state index in [4.69, 9.17) is 0 Å². The highest BCUT2D eigenvalue weighted by Gasteiger charge is 2.30. The van der Waals surface area contributed by atoms with Gasteiger partial charge in [-0.15, -0.1) is 0 Å². The summed E-state index contributed by atoms with van der Waals surface area (Å²) in [6.07, 6.45) is 4.05. The predicted molar refractivity (Wildman–Crippen MR) is 68.3 cm³/mol. The summed E-state index contributed by atoms with van der Waals surface area (Å²) in [5.41, 5.74) is 1.81. The Morgan fingerprint density at radius 1 is 1.29 bits per heavy atom. The van der Waals surface area contributed by atoms with Crippen LogP contribution in [0.5, 0.6) is 0 Å².